The van der Waals surface area contributed by atoms with Crippen molar-refractivity contribution in [3.63, 3.8) is 0 Å². The first-order valence-electron chi connectivity index (χ1n) is 6.20. The second-order valence-corrected chi connectivity index (χ2v) is 4.81. The largest absolute Gasteiger partial charge is 0.317 e. The van der Waals surface area contributed by atoms with Gasteiger partial charge < -0.3 is 4.57 Å². The van der Waals surface area contributed by atoms with Gasteiger partial charge in [0.15, 0.2) is 0 Å². The zero-order valence-corrected chi connectivity index (χ0v) is 10.4. The van der Waals surface area contributed by atoms with E-state index in [-0.39, 0.29) is 0 Å². The van der Waals surface area contributed by atoms with Gasteiger partial charge in [0.1, 0.15) is 0 Å². The summed E-state index contributed by atoms with van der Waals surface area (Å²) in [6, 6.07) is 8.90. The minimum atomic E-state index is 1.17. The van der Waals surface area contributed by atoms with Gasteiger partial charge in [0.25, 0.3) is 0 Å². The molecule has 1 nitrogen and oxygen atoms in total. The Morgan fingerprint density at radius 1 is 1.06 bits per heavy atom. The molecule has 3 rings (SSSR count). The molecule has 17 heavy (non-hydrogen) atoms. The molecular formula is C16H17N. The van der Waals surface area contributed by atoms with Crippen molar-refractivity contribution in [2.75, 3.05) is 0 Å². The average Bonchev–Trinajstić information content (AvgIpc) is 2.76. The Hall–Kier alpha value is -1.76. The van der Waals surface area contributed by atoms with Crippen molar-refractivity contribution in [3.8, 4) is 5.69 Å². The monoisotopic (exact) mass is 223 g/mol. The van der Waals surface area contributed by atoms with Crippen LogP contribution in [0.5, 0.6) is 0 Å². The molecule has 0 unspecified atom stereocenters. The Bertz CT molecular complexity index is 588. The summed E-state index contributed by atoms with van der Waals surface area (Å²) in [7, 11) is 0. The standard InChI is InChI=1S/C16H17N/c1-12-7-8-15(11-13(12)2)17-10-9-14-5-3-4-6-16(14)17/h4,6-11H,3,5H2,1-2H3. The molecule has 0 amide bonds. The average molecular weight is 223 g/mol. The van der Waals surface area contributed by atoms with E-state index in [0.29, 0.717) is 0 Å². The van der Waals surface area contributed by atoms with Crippen LogP contribution >= 0.6 is 0 Å². The molecule has 0 radical (unpaired) electrons. The number of rotatable bonds is 1. The number of aromatic nitrogens is 1. The lowest BCUT2D eigenvalue weighted by Gasteiger charge is -2.12. The maximum absolute atomic E-state index is 2.29. The van der Waals surface area contributed by atoms with E-state index >= 15 is 0 Å². The summed E-state index contributed by atoms with van der Waals surface area (Å²) in [5.41, 5.74) is 6.78. The third-order valence-electron chi connectivity index (χ3n) is 3.64. The van der Waals surface area contributed by atoms with Crippen LogP contribution in [0.3, 0.4) is 0 Å². The van der Waals surface area contributed by atoms with Crippen molar-refractivity contribution in [2.24, 2.45) is 0 Å². The highest BCUT2D eigenvalue weighted by atomic mass is 15.0. The zero-order chi connectivity index (χ0) is 11.8. The SMILES string of the molecule is Cc1ccc(-n2ccc3c2C=CCC3)cc1C. The van der Waals surface area contributed by atoms with Gasteiger partial charge in [-0.25, -0.2) is 0 Å². The van der Waals surface area contributed by atoms with Crippen molar-refractivity contribution in [1.29, 1.82) is 0 Å². The maximum Gasteiger partial charge on any atom is 0.0484 e. The molecule has 2 aromatic rings. The number of hydrogen-bond donors (Lipinski definition) is 0. The molecule has 1 heterocycles. The Kier molecular flexibility index (Phi) is 2.40. The molecule has 0 saturated heterocycles. The summed E-state index contributed by atoms with van der Waals surface area (Å²) < 4.78 is 2.29. The van der Waals surface area contributed by atoms with E-state index in [1.807, 2.05) is 0 Å². The van der Waals surface area contributed by atoms with Crippen LogP contribution in [-0.2, 0) is 6.42 Å². The van der Waals surface area contributed by atoms with Crippen molar-refractivity contribution in [2.45, 2.75) is 26.7 Å². The normalized spacial score (nSPS) is 13.8. The van der Waals surface area contributed by atoms with Crippen molar-refractivity contribution in [3.05, 3.63) is 58.9 Å². The minimum Gasteiger partial charge on any atom is -0.317 e. The first kappa shape index (κ1) is 10.4. The van der Waals surface area contributed by atoms with E-state index in [0.717, 1.165) is 0 Å². The van der Waals surface area contributed by atoms with E-state index in [9.17, 15) is 0 Å². The predicted octanol–water partition coefficient (Wildman–Crippen LogP) is 4.05. The molecule has 1 aliphatic carbocycles. The lowest BCUT2D eigenvalue weighted by molar-refractivity contribution is 0.957. The summed E-state index contributed by atoms with van der Waals surface area (Å²) >= 11 is 0. The number of allylic oxidation sites excluding steroid dienone is 1. The van der Waals surface area contributed by atoms with Crippen molar-refractivity contribution < 1.29 is 0 Å². The Labute approximate surface area is 102 Å². The molecule has 1 aliphatic rings. The van der Waals surface area contributed by atoms with Crippen LogP contribution in [0.15, 0.2) is 36.5 Å². The molecule has 1 aromatic carbocycles. The highest BCUT2D eigenvalue weighted by Gasteiger charge is 2.10. The van der Waals surface area contributed by atoms with Gasteiger partial charge in [0.05, 0.1) is 0 Å². The molecule has 1 heteroatoms. The van der Waals surface area contributed by atoms with Gasteiger partial charge in [-0.1, -0.05) is 12.1 Å². The second kappa shape index (κ2) is 3.92. The molecule has 0 aliphatic heterocycles. The minimum absolute atomic E-state index is 1.17. The number of nitrogens with zero attached hydrogens (tertiary/aromatic N) is 1. The third-order valence-corrected chi connectivity index (χ3v) is 3.64. The fraction of sp³-hybridized carbons (Fsp3) is 0.250. The summed E-state index contributed by atoms with van der Waals surface area (Å²) in [4.78, 5) is 0. The molecule has 0 atom stereocenters. The number of aryl methyl sites for hydroxylation is 3. The second-order valence-electron chi connectivity index (χ2n) is 4.81. The van der Waals surface area contributed by atoms with Crippen LogP contribution in [0.2, 0.25) is 0 Å². The highest BCUT2D eigenvalue weighted by molar-refractivity contribution is 5.57. The van der Waals surface area contributed by atoms with E-state index < -0.39 is 0 Å². The Morgan fingerprint density at radius 2 is 1.94 bits per heavy atom. The Balaban J connectivity index is 2.13. The van der Waals surface area contributed by atoms with Crippen molar-refractivity contribution in [1.82, 2.24) is 4.57 Å². The van der Waals surface area contributed by atoms with Gasteiger partial charge in [0.2, 0.25) is 0 Å². The van der Waals surface area contributed by atoms with Crippen LogP contribution in [0, 0.1) is 13.8 Å². The maximum atomic E-state index is 2.29. The molecule has 0 fully saturated rings. The van der Waals surface area contributed by atoms with Crippen LogP contribution < -0.4 is 0 Å². The number of hydrogen-bond acceptors (Lipinski definition) is 0. The molecule has 0 N–H and O–H groups in total. The van der Waals surface area contributed by atoms with E-state index in [2.05, 4.69) is 61.0 Å². The van der Waals surface area contributed by atoms with Crippen LogP contribution in [0.4, 0.5) is 0 Å². The predicted molar refractivity (Wildman–Crippen MR) is 72.6 cm³/mol. The van der Waals surface area contributed by atoms with Gasteiger partial charge in [-0.2, -0.15) is 0 Å². The smallest absolute Gasteiger partial charge is 0.0484 e. The molecule has 0 bridgehead atoms. The van der Waals surface area contributed by atoms with Crippen molar-refractivity contribution >= 4 is 6.08 Å². The lowest BCUT2D eigenvalue weighted by atomic mass is 10.0. The highest BCUT2D eigenvalue weighted by Crippen LogP contribution is 2.24. The van der Waals surface area contributed by atoms with Gasteiger partial charge in [-0.15, -0.1) is 0 Å². The van der Waals surface area contributed by atoms with E-state index in [1.54, 1.807) is 0 Å². The quantitative estimate of drug-likeness (QED) is 0.687. The Morgan fingerprint density at radius 3 is 2.76 bits per heavy atom. The molecule has 1 aromatic heterocycles. The summed E-state index contributed by atoms with van der Waals surface area (Å²) in [6.45, 7) is 4.33. The molecule has 0 spiro atoms. The van der Waals surface area contributed by atoms with Crippen LogP contribution in [-0.4, -0.2) is 4.57 Å². The zero-order valence-electron chi connectivity index (χ0n) is 10.4. The molecule has 86 valence electrons. The fourth-order valence-corrected chi connectivity index (χ4v) is 2.42. The van der Waals surface area contributed by atoms with Gasteiger partial charge in [0, 0.05) is 17.6 Å². The number of benzene rings is 1. The molecule has 0 saturated carbocycles. The first-order chi connectivity index (χ1) is 8.25. The summed E-state index contributed by atoms with van der Waals surface area (Å²) in [5.74, 6) is 0. The first-order valence-corrected chi connectivity index (χ1v) is 6.20. The summed E-state index contributed by atoms with van der Waals surface area (Å²) in [5, 5.41) is 0. The van der Waals surface area contributed by atoms with Crippen LogP contribution in [0.1, 0.15) is 28.8 Å². The third kappa shape index (κ3) is 1.72. The fourth-order valence-electron chi connectivity index (χ4n) is 2.42. The van der Waals surface area contributed by atoms with E-state index in [1.165, 1.54) is 40.9 Å². The number of fused-ring (bicyclic) bond motifs is 1. The van der Waals surface area contributed by atoms with Crippen LogP contribution in [0.25, 0.3) is 11.8 Å². The summed E-state index contributed by atoms with van der Waals surface area (Å²) in [6.07, 6.45) is 9.03. The topological polar surface area (TPSA) is 4.93 Å². The van der Waals surface area contributed by atoms with Gasteiger partial charge in [-0.3, -0.25) is 0 Å². The van der Waals surface area contributed by atoms with Gasteiger partial charge in [-0.05, 0) is 67.7 Å². The molecular weight excluding hydrogens is 206 g/mol. The van der Waals surface area contributed by atoms with E-state index in [4.69, 9.17) is 0 Å². The van der Waals surface area contributed by atoms with Gasteiger partial charge >= 0.3 is 0 Å². The lowest BCUT2D eigenvalue weighted by Crippen LogP contribution is -2.00.